The van der Waals surface area contributed by atoms with E-state index in [9.17, 15) is 4.79 Å². The minimum Gasteiger partial charge on any atom is -0.488 e. The zero-order valence-corrected chi connectivity index (χ0v) is 10.1. The average Bonchev–Trinajstić information content (AvgIpc) is 2.85. The first-order valence-corrected chi connectivity index (χ1v) is 5.72. The summed E-state index contributed by atoms with van der Waals surface area (Å²) in [7, 11) is 0. The van der Waals surface area contributed by atoms with E-state index in [-0.39, 0.29) is 12.4 Å². The highest BCUT2D eigenvalue weighted by Crippen LogP contribution is 2.21. The zero-order valence-electron chi connectivity index (χ0n) is 10.1. The van der Waals surface area contributed by atoms with Crippen LogP contribution < -0.4 is 4.74 Å². The molecule has 0 aliphatic heterocycles. The predicted octanol–water partition coefficient (Wildman–Crippen LogP) is 3.12. The molecule has 1 heterocycles. The van der Waals surface area contributed by atoms with Crippen LogP contribution in [0.15, 0.2) is 41.0 Å². The molecule has 0 aliphatic rings. The minimum atomic E-state index is -1.08. The van der Waals surface area contributed by atoms with E-state index in [1.807, 2.05) is 31.2 Å². The van der Waals surface area contributed by atoms with Gasteiger partial charge in [-0.3, -0.25) is 0 Å². The van der Waals surface area contributed by atoms with Crippen LogP contribution in [0.1, 0.15) is 28.6 Å². The second kappa shape index (κ2) is 5.40. The van der Waals surface area contributed by atoms with Gasteiger partial charge in [-0.15, -0.1) is 0 Å². The van der Waals surface area contributed by atoms with Gasteiger partial charge in [0, 0.05) is 5.56 Å². The normalized spacial score (nSPS) is 10.3. The number of hydrogen-bond acceptors (Lipinski definition) is 3. The minimum absolute atomic E-state index is 0.0658. The van der Waals surface area contributed by atoms with Gasteiger partial charge < -0.3 is 14.3 Å². The maximum absolute atomic E-state index is 10.9. The summed E-state index contributed by atoms with van der Waals surface area (Å²) >= 11 is 0. The van der Waals surface area contributed by atoms with Crippen molar-refractivity contribution in [3.05, 3.63) is 53.5 Å². The van der Waals surface area contributed by atoms with E-state index in [2.05, 4.69) is 0 Å². The van der Waals surface area contributed by atoms with E-state index in [1.165, 1.54) is 6.26 Å². The van der Waals surface area contributed by atoms with E-state index in [0.717, 1.165) is 17.7 Å². The third-order valence-corrected chi connectivity index (χ3v) is 2.68. The number of ether oxygens (including phenoxy) is 1. The monoisotopic (exact) mass is 246 g/mol. The summed E-state index contributed by atoms with van der Waals surface area (Å²) in [6.07, 6.45) is 2.22. The van der Waals surface area contributed by atoms with Crippen molar-refractivity contribution < 1.29 is 19.1 Å². The van der Waals surface area contributed by atoms with Gasteiger partial charge in [0.2, 0.25) is 5.76 Å². The lowest BCUT2D eigenvalue weighted by atomic mass is 10.1. The van der Waals surface area contributed by atoms with Gasteiger partial charge in [-0.05, 0) is 24.1 Å². The molecule has 1 aromatic carbocycles. The standard InChI is InChI=1S/C14H14O4/c1-2-10-5-3-4-6-12(10)18-9-11-7-8-17-13(11)14(15)16/h3-8H,2,9H2,1H3,(H,15,16). The van der Waals surface area contributed by atoms with Crippen LogP contribution >= 0.6 is 0 Å². The fraction of sp³-hybridized carbons (Fsp3) is 0.214. The molecule has 0 saturated carbocycles. The van der Waals surface area contributed by atoms with E-state index < -0.39 is 5.97 Å². The number of aryl methyl sites for hydroxylation is 1. The number of para-hydroxylation sites is 1. The molecule has 0 unspecified atom stereocenters. The Morgan fingerprint density at radius 3 is 2.78 bits per heavy atom. The Morgan fingerprint density at radius 2 is 2.06 bits per heavy atom. The van der Waals surface area contributed by atoms with Crippen LogP contribution in [-0.4, -0.2) is 11.1 Å². The second-order valence-corrected chi connectivity index (χ2v) is 3.83. The quantitative estimate of drug-likeness (QED) is 0.880. The lowest BCUT2D eigenvalue weighted by Gasteiger charge is -2.09. The highest BCUT2D eigenvalue weighted by Gasteiger charge is 2.14. The number of hydrogen-bond donors (Lipinski definition) is 1. The van der Waals surface area contributed by atoms with Gasteiger partial charge in [0.15, 0.2) is 0 Å². The van der Waals surface area contributed by atoms with Gasteiger partial charge in [0.25, 0.3) is 0 Å². The molecule has 0 radical (unpaired) electrons. The van der Waals surface area contributed by atoms with Crippen molar-refractivity contribution in [2.24, 2.45) is 0 Å². The summed E-state index contributed by atoms with van der Waals surface area (Å²) in [5.41, 5.74) is 1.63. The lowest BCUT2D eigenvalue weighted by Crippen LogP contribution is -2.03. The molecular weight excluding hydrogens is 232 g/mol. The van der Waals surface area contributed by atoms with Crippen molar-refractivity contribution in [2.45, 2.75) is 20.0 Å². The molecule has 1 aromatic heterocycles. The Morgan fingerprint density at radius 1 is 1.28 bits per heavy atom. The van der Waals surface area contributed by atoms with Crippen molar-refractivity contribution >= 4 is 5.97 Å². The number of rotatable bonds is 5. The number of furan rings is 1. The SMILES string of the molecule is CCc1ccccc1OCc1ccoc1C(=O)O. The highest BCUT2D eigenvalue weighted by atomic mass is 16.5. The summed E-state index contributed by atoms with van der Waals surface area (Å²) in [5, 5.41) is 8.90. The van der Waals surface area contributed by atoms with Gasteiger partial charge in [0.1, 0.15) is 12.4 Å². The fourth-order valence-electron chi connectivity index (χ4n) is 1.73. The van der Waals surface area contributed by atoms with E-state index in [4.69, 9.17) is 14.3 Å². The first-order chi connectivity index (χ1) is 8.72. The van der Waals surface area contributed by atoms with Crippen LogP contribution in [-0.2, 0) is 13.0 Å². The van der Waals surface area contributed by atoms with Crippen LogP contribution in [0.25, 0.3) is 0 Å². The first-order valence-electron chi connectivity index (χ1n) is 5.72. The van der Waals surface area contributed by atoms with Crippen molar-refractivity contribution in [3.63, 3.8) is 0 Å². The summed E-state index contributed by atoms with van der Waals surface area (Å²) in [6.45, 7) is 2.23. The average molecular weight is 246 g/mol. The lowest BCUT2D eigenvalue weighted by molar-refractivity contribution is 0.0658. The largest absolute Gasteiger partial charge is 0.488 e. The Hall–Kier alpha value is -2.23. The molecule has 0 fully saturated rings. The van der Waals surface area contributed by atoms with Crippen LogP contribution in [0.2, 0.25) is 0 Å². The Bertz CT molecular complexity index is 542. The first kappa shape index (κ1) is 12.2. The number of aromatic carboxylic acids is 1. The second-order valence-electron chi connectivity index (χ2n) is 3.83. The third-order valence-electron chi connectivity index (χ3n) is 2.68. The molecule has 2 rings (SSSR count). The number of benzene rings is 1. The van der Waals surface area contributed by atoms with Crippen molar-refractivity contribution in [1.82, 2.24) is 0 Å². The van der Waals surface area contributed by atoms with E-state index in [1.54, 1.807) is 6.07 Å². The van der Waals surface area contributed by atoms with Gasteiger partial charge in [0.05, 0.1) is 6.26 Å². The molecule has 18 heavy (non-hydrogen) atoms. The molecule has 0 amide bonds. The smallest absolute Gasteiger partial charge is 0.372 e. The van der Waals surface area contributed by atoms with Crippen molar-refractivity contribution in [1.29, 1.82) is 0 Å². The molecule has 0 aliphatic carbocycles. The maximum Gasteiger partial charge on any atom is 0.372 e. The molecule has 4 nitrogen and oxygen atoms in total. The molecule has 2 aromatic rings. The van der Waals surface area contributed by atoms with Crippen LogP contribution in [0.4, 0.5) is 0 Å². The van der Waals surface area contributed by atoms with Crippen LogP contribution in [0.3, 0.4) is 0 Å². The van der Waals surface area contributed by atoms with Gasteiger partial charge in [-0.1, -0.05) is 25.1 Å². The van der Waals surface area contributed by atoms with Gasteiger partial charge >= 0.3 is 5.97 Å². The number of carbonyl (C=O) groups is 1. The summed E-state index contributed by atoms with van der Waals surface area (Å²) in [4.78, 5) is 10.9. The van der Waals surface area contributed by atoms with Crippen LogP contribution in [0, 0.1) is 0 Å². The molecule has 94 valence electrons. The predicted molar refractivity (Wildman–Crippen MR) is 65.8 cm³/mol. The van der Waals surface area contributed by atoms with E-state index in [0.29, 0.717) is 5.56 Å². The third kappa shape index (κ3) is 2.53. The van der Waals surface area contributed by atoms with Gasteiger partial charge in [-0.2, -0.15) is 0 Å². The van der Waals surface area contributed by atoms with Gasteiger partial charge in [-0.25, -0.2) is 4.79 Å². The van der Waals surface area contributed by atoms with Crippen molar-refractivity contribution in [3.8, 4) is 5.75 Å². The zero-order chi connectivity index (χ0) is 13.0. The summed E-state index contributed by atoms with van der Waals surface area (Å²) in [5.74, 6) is -0.371. The summed E-state index contributed by atoms with van der Waals surface area (Å²) < 4.78 is 10.5. The molecule has 0 saturated heterocycles. The number of carboxylic acids is 1. The Labute approximate surface area is 105 Å². The van der Waals surface area contributed by atoms with Crippen LogP contribution in [0.5, 0.6) is 5.75 Å². The van der Waals surface area contributed by atoms with Crippen molar-refractivity contribution in [2.75, 3.05) is 0 Å². The highest BCUT2D eigenvalue weighted by molar-refractivity contribution is 5.86. The Kier molecular flexibility index (Phi) is 3.67. The molecule has 1 N–H and O–H groups in total. The molecule has 4 heteroatoms. The summed E-state index contributed by atoms with van der Waals surface area (Å²) in [6, 6.07) is 9.31. The number of carboxylic acid groups (broad SMARTS) is 1. The molecule has 0 atom stereocenters. The Balaban J connectivity index is 2.11. The molecular formula is C14H14O4. The van der Waals surface area contributed by atoms with E-state index >= 15 is 0 Å². The fourth-order valence-corrected chi connectivity index (χ4v) is 1.73. The maximum atomic E-state index is 10.9. The molecule has 0 spiro atoms. The molecule has 0 bridgehead atoms. The topological polar surface area (TPSA) is 59.7 Å².